The van der Waals surface area contributed by atoms with Crippen LogP contribution in [0.15, 0.2) is 30.3 Å². The van der Waals surface area contributed by atoms with Gasteiger partial charge in [-0.2, -0.15) is 0 Å². The molecule has 2 rings (SSSR count). The second-order valence-electron chi connectivity index (χ2n) is 4.23. The highest BCUT2D eigenvalue weighted by Gasteiger charge is 2.29. The average Bonchev–Trinajstić information content (AvgIpc) is 2.33. The van der Waals surface area contributed by atoms with Gasteiger partial charge in [-0.1, -0.05) is 30.3 Å². The molecule has 1 aliphatic rings. The van der Waals surface area contributed by atoms with Crippen LogP contribution in [0.5, 0.6) is 0 Å². The maximum absolute atomic E-state index is 11.4. The number of carboxylic acid groups (broad SMARTS) is 1. The minimum absolute atomic E-state index is 0.221. The first kappa shape index (κ1) is 11.8. The molecule has 1 N–H and O–H groups in total. The van der Waals surface area contributed by atoms with Crippen LogP contribution in [-0.2, 0) is 9.59 Å². The normalized spacial score (nSPS) is 18.9. The minimum Gasteiger partial charge on any atom is -0.480 e. The molecule has 1 saturated heterocycles. The van der Waals surface area contributed by atoms with Gasteiger partial charge in [-0.25, -0.2) is 0 Å². The summed E-state index contributed by atoms with van der Waals surface area (Å²) in [5.41, 5.74) is 0.773. The van der Waals surface area contributed by atoms with Crippen LogP contribution in [0, 0.1) is 0 Å². The van der Waals surface area contributed by atoms with Crippen LogP contribution in [0.4, 0.5) is 0 Å². The van der Waals surface area contributed by atoms with Crippen LogP contribution in [0.3, 0.4) is 0 Å². The molecule has 4 nitrogen and oxygen atoms in total. The number of nitrogens with zero attached hydrogens (tertiary/aromatic N) is 1. The Morgan fingerprint density at radius 2 is 1.76 bits per heavy atom. The Morgan fingerprint density at radius 3 is 2.29 bits per heavy atom. The summed E-state index contributed by atoms with van der Waals surface area (Å²) in [5, 5.41) is 9.32. The van der Waals surface area contributed by atoms with Crippen molar-refractivity contribution in [2.45, 2.75) is 18.9 Å². The zero-order chi connectivity index (χ0) is 12.3. The van der Waals surface area contributed by atoms with E-state index in [4.69, 9.17) is 0 Å². The van der Waals surface area contributed by atoms with Crippen LogP contribution in [-0.4, -0.2) is 34.8 Å². The fraction of sp³-hybridized carbons (Fsp3) is 0.385. The SMILES string of the molecule is O=C1CCN([C@@H](C(=O)O)c2ccccc2)CC1. The third-order valence-corrected chi connectivity index (χ3v) is 3.07. The predicted molar refractivity (Wildman–Crippen MR) is 62.6 cm³/mol. The van der Waals surface area contributed by atoms with Crippen molar-refractivity contribution in [3.8, 4) is 0 Å². The van der Waals surface area contributed by atoms with Crippen molar-refractivity contribution in [2.75, 3.05) is 13.1 Å². The smallest absolute Gasteiger partial charge is 0.325 e. The molecule has 0 saturated carbocycles. The van der Waals surface area contributed by atoms with Crippen LogP contribution < -0.4 is 0 Å². The number of benzene rings is 1. The van der Waals surface area contributed by atoms with E-state index in [1.807, 2.05) is 35.2 Å². The molecule has 0 bridgehead atoms. The lowest BCUT2D eigenvalue weighted by Gasteiger charge is -2.31. The third kappa shape index (κ3) is 2.71. The molecule has 0 spiro atoms. The van der Waals surface area contributed by atoms with E-state index in [2.05, 4.69) is 0 Å². The summed E-state index contributed by atoms with van der Waals surface area (Å²) in [6, 6.07) is 8.53. The largest absolute Gasteiger partial charge is 0.480 e. The number of piperidine rings is 1. The van der Waals surface area contributed by atoms with Crippen molar-refractivity contribution in [2.24, 2.45) is 0 Å². The highest BCUT2D eigenvalue weighted by Crippen LogP contribution is 2.23. The van der Waals surface area contributed by atoms with E-state index in [1.54, 1.807) is 0 Å². The quantitative estimate of drug-likeness (QED) is 0.859. The van der Waals surface area contributed by atoms with Gasteiger partial charge in [0, 0.05) is 25.9 Å². The Hall–Kier alpha value is -1.68. The molecular formula is C13H15NO3. The van der Waals surface area contributed by atoms with Crippen LogP contribution in [0.1, 0.15) is 24.4 Å². The standard InChI is InChI=1S/C13H15NO3/c15-11-6-8-14(9-7-11)12(13(16)17)10-4-2-1-3-5-10/h1-5,12H,6-9H2,(H,16,17)/t12-/m1/s1. The number of carbonyl (C=O) groups excluding carboxylic acids is 1. The first-order chi connectivity index (χ1) is 8.18. The van der Waals surface area contributed by atoms with Gasteiger partial charge in [0.25, 0.3) is 0 Å². The molecule has 1 aromatic rings. The molecule has 17 heavy (non-hydrogen) atoms. The third-order valence-electron chi connectivity index (χ3n) is 3.07. The topological polar surface area (TPSA) is 57.6 Å². The van der Waals surface area contributed by atoms with E-state index in [0.29, 0.717) is 25.9 Å². The first-order valence-corrected chi connectivity index (χ1v) is 5.72. The van der Waals surface area contributed by atoms with Crippen molar-refractivity contribution in [3.63, 3.8) is 0 Å². The number of rotatable bonds is 3. The van der Waals surface area contributed by atoms with Crippen molar-refractivity contribution in [3.05, 3.63) is 35.9 Å². The molecule has 0 amide bonds. The molecule has 90 valence electrons. The summed E-state index contributed by atoms with van der Waals surface area (Å²) in [6.07, 6.45) is 0.910. The Morgan fingerprint density at radius 1 is 1.18 bits per heavy atom. The lowest BCUT2D eigenvalue weighted by atomic mass is 10.0. The Labute approximate surface area is 99.9 Å². The van der Waals surface area contributed by atoms with Gasteiger partial charge >= 0.3 is 5.97 Å². The van der Waals surface area contributed by atoms with Crippen LogP contribution in [0.25, 0.3) is 0 Å². The summed E-state index contributed by atoms with van der Waals surface area (Å²) in [7, 11) is 0. The van der Waals surface area contributed by atoms with Crippen LogP contribution in [0.2, 0.25) is 0 Å². The monoisotopic (exact) mass is 233 g/mol. The Balaban J connectivity index is 2.18. The lowest BCUT2D eigenvalue weighted by Crippen LogP contribution is -2.40. The van der Waals surface area contributed by atoms with Crippen molar-refractivity contribution < 1.29 is 14.7 Å². The molecule has 0 radical (unpaired) electrons. The van der Waals surface area contributed by atoms with Gasteiger partial charge in [0.05, 0.1) is 0 Å². The van der Waals surface area contributed by atoms with E-state index in [9.17, 15) is 14.7 Å². The molecule has 0 aromatic heterocycles. The van der Waals surface area contributed by atoms with E-state index in [-0.39, 0.29) is 5.78 Å². The van der Waals surface area contributed by atoms with Gasteiger partial charge in [0.15, 0.2) is 0 Å². The second kappa shape index (κ2) is 5.10. The van der Waals surface area contributed by atoms with Gasteiger partial charge in [-0.05, 0) is 5.56 Å². The molecule has 1 heterocycles. The highest BCUT2D eigenvalue weighted by molar-refractivity contribution is 5.80. The maximum Gasteiger partial charge on any atom is 0.325 e. The average molecular weight is 233 g/mol. The summed E-state index contributed by atoms with van der Waals surface area (Å²) in [6.45, 7) is 1.06. The summed E-state index contributed by atoms with van der Waals surface area (Å²) < 4.78 is 0. The van der Waals surface area contributed by atoms with E-state index in [1.165, 1.54) is 0 Å². The highest BCUT2D eigenvalue weighted by atomic mass is 16.4. The van der Waals surface area contributed by atoms with Gasteiger partial charge in [0.1, 0.15) is 11.8 Å². The van der Waals surface area contributed by atoms with E-state index < -0.39 is 12.0 Å². The number of ketones is 1. The fourth-order valence-corrected chi connectivity index (χ4v) is 2.18. The van der Waals surface area contributed by atoms with E-state index in [0.717, 1.165) is 5.56 Å². The number of hydrogen-bond acceptors (Lipinski definition) is 3. The number of hydrogen-bond donors (Lipinski definition) is 1. The Kier molecular flexibility index (Phi) is 3.54. The summed E-state index contributed by atoms with van der Waals surface area (Å²) >= 11 is 0. The molecule has 0 aliphatic carbocycles. The zero-order valence-electron chi connectivity index (χ0n) is 9.50. The van der Waals surface area contributed by atoms with E-state index >= 15 is 0 Å². The number of likely N-dealkylation sites (tertiary alicyclic amines) is 1. The van der Waals surface area contributed by atoms with Crippen molar-refractivity contribution in [1.82, 2.24) is 4.90 Å². The molecular weight excluding hydrogens is 218 g/mol. The van der Waals surface area contributed by atoms with Crippen molar-refractivity contribution >= 4 is 11.8 Å². The molecule has 1 aromatic carbocycles. The molecule has 1 atom stereocenters. The zero-order valence-corrected chi connectivity index (χ0v) is 9.50. The fourth-order valence-electron chi connectivity index (χ4n) is 2.18. The van der Waals surface area contributed by atoms with Gasteiger partial charge < -0.3 is 5.11 Å². The maximum atomic E-state index is 11.4. The number of aliphatic carboxylic acids is 1. The second-order valence-corrected chi connectivity index (χ2v) is 4.23. The van der Waals surface area contributed by atoms with Gasteiger partial charge in [-0.3, -0.25) is 14.5 Å². The van der Waals surface area contributed by atoms with Crippen molar-refractivity contribution in [1.29, 1.82) is 0 Å². The molecule has 0 unspecified atom stereocenters. The predicted octanol–water partition coefficient (Wildman–Crippen LogP) is 1.48. The molecule has 1 fully saturated rings. The summed E-state index contributed by atoms with van der Waals surface area (Å²) in [5.74, 6) is -0.635. The molecule has 1 aliphatic heterocycles. The number of carboxylic acids is 1. The molecule has 4 heteroatoms. The van der Waals surface area contributed by atoms with Gasteiger partial charge in [-0.15, -0.1) is 0 Å². The Bertz CT molecular complexity index is 406. The first-order valence-electron chi connectivity index (χ1n) is 5.72. The van der Waals surface area contributed by atoms with Crippen LogP contribution >= 0.6 is 0 Å². The number of carbonyl (C=O) groups is 2. The lowest BCUT2D eigenvalue weighted by molar-refractivity contribution is -0.145. The van der Waals surface area contributed by atoms with Gasteiger partial charge in [0.2, 0.25) is 0 Å². The summed E-state index contributed by atoms with van der Waals surface area (Å²) in [4.78, 5) is 24.4. The number of Topliss-reactive ketones (excluding diaryl/α,β-unsaturated/α-hetero) is 1. The minimum atomic E-state index is -0.856.